The van der Waals surface area contributed by atoms with Gasteiger partial charge in [-0.25, -0.2) is 0 Å². The Morgan fingerprint density at radius 2 is 2.26 bits per heavy atom. The van der Waals surface area contributed by atoms with Gasteiger partial charge in [0.15, 0.2) is 0 Å². The molecular formula is C14H14ClNO2S. The fourth-order valence-corrected chi connectivity index (χ4v) is 1.97. The molecule has 0 radical (unpaired) electrons. The number of aliphatic hydroxyl groups is 1. The molecule has 1 rings (SSSR count). The monoisotopic (exact) mass is 295 g/mol. The fourth-order valence-electron chi connectivity index (χ4n) is 1.47. The molecule has 0 aliphatic carbocycles. The molecule has 0 bridgehead atoms. The van der Waals surface area contributed by atoms with Gasteiger partial charge in [-0.15, -0.1) is 6.42 Å². The first-order valence-corrected chi connectivity index (χ1v) is 6.45. The Bertz CT molecular complexity index is 523. The van der Waals surface area contributed by atoms with Crippen LogP contribution in [0, 0.1) is 12.3 Å². The molecule has 1 aromatic rings. The Labute approximate surface area is 123 Å². The van der Waals surface area contributed by atoms with Crippen LogP contribution in [-0.4, -0.2) is 22.4 Å². The van der Waals surface area contributed by atoms with Crippen molar-refractivity contribution >= 4 is 34.6 Å². The fraction of sp³-hybridized carbons (Fsp3) is 0.286. The van der Waals surface area contributed by atoms with Gasteiger partial charge in [0.2, 0.25) is 5.91 Å². The van der Waals surface area contributed by atoms with Crippen molar-refractivity contribution in [3.05, 3.63) is 34.3 Å². The Balaban J connectivity index is 2.51. The van der Waals surface area contributed by atoms with Crippen molar-refractivity contribution in [2.75, 3.05) is 6.54 Å². The zero-order valence-electron chi connectivity index (χ0n) is 10.3. The van der Waals surface area contributed by atoms with E-state index in [0.29, 0.717) is 28.4 Å². The van der Waals surface area contributed by atoms with Crippen molar-refractivity contribution in [2.45, 2.75) is 19.4 Å². The molecular weight excluding hydrogens is 282 g/mol. The van der Waals surface area contributed by atoms with Crippen LogP contribution in [-0.2, 0) is 17.8 Å². The molecule has 100 valence electrons. The number of carbonyl (C=O) groups excluding carboxylic acids is 1. The SMILES string of the molecule is C#CCC(=O)NCC(=S)Cc1ccc(CO)c(Cl)c1. The lowest BCUT2D eigenvalue weighted by Gasteiger charge is -2.07. The number of nitrogens with one attached hydrogen (secondary N) is 1. The van der Waals surface area contributed by atoms with Crippen molar-refractivity contribution in [3.8, 4) is 12.3 Å². The Kier molecular flexibility index (Phi) is 6.51. The third-order valence-corrected chi connectivity index (χ3v) is 3.07. The smallest absolute Gasteiger partial charge is 0.232 e. The third kappa shape index (κ3) is 5.39. The zero-order chi connectivity index (χ0) is 14.3. The Morgan fingerprint density at radius 1 is 1.53 bits per heavy atom. The minimum absolute atomic E-state index is 0.0552. The van der Waals surface area contributed by atoms with Gasteiger partial charge in [-0.3, -0.25) is 4.79 Å². The molecule has 0 saturated carbocycles. The van der Waals surface area contributed by atoms with E-state index in [1.54, 1.807) is 12.1 Å². The topological polar surface area (TPSA) is 49.3 Å². The maximum absolute atomic E-state index is 11.2. The molecule has 0 heterocycles. The van der Waals surface area contributed by atoms with E-state index in [4.69, 9.17) is 35.3 Å². The maximum atomic E-state index is 11.2. The van der Waals surface area contributed by atoms with Gasteiger partial charge in [-0.2, -0.15) is 0 Å². The van der Waals surface area contributed by atoms with E-state index < -0.39 is 0 Å². The van der Waals surface area contributed by atoms with Crippen LogP contribution >= 0.6 is 23.8 Å². The third-order valence-electron chi connectivity index (χ3n) is 2.43. The summed E-state index contributed by atoms with van der Waals surface area (Å²) in [6.07, 6.45) is 5.62. The van der Waals surface area contributed by atoms with E-state index in [1.807, 2.05) is 6.07 Å². The summed E-state index contributed by atoms with van der Waals surface area (Å²) in [5, 5.41) is 12.2. The van der Waals surface area contributed by atoms with E-state index in [1.165, 1.54) is 0 Å². The second kappa shape index (κ2) is 7.90. The van der Waals surface area contributed by atoms with E-state index in [9.17, 15) is 4.79 Å². The van der Waals surface area contributed by atoms with Crippen molar-refractivity contribution < 1.29 is 9.90 Å². The van der Waals surface area contributed by atoms with Crippen LogP contribution in [0.25, 0.3) is 0 Å². The molecule has 0 aliphatic heterocycles. The van der Waals surface area contributed by atoms with E-state index in [2.05, 4.69) is 11.2 Å². The van der Waals surface area contributed by atoms with Crippen LogP contribution in [0.5, 0.6) is 0 Å². The molecule has 0 aromatic heterocycles. The van der Waals surface area contributed by atoms with Crippen LogP contribution in [0.3, 0.4) is 0 Å². The average molecular weight is 296 g/mol. The molecule has 0 fully saturated rings. The van der Waals surface area contributed by atoms with Gasteiger partial charge in [0.1, 0.15) is 0 Å². The number of thiocarbonyl (C=S) groups is 1. The molecule has 2 N–H and O–H groups in total. The normalized spacial score (nSPS) is 9.74. The van der Waals surface area contributed by atoms with E-state index in [-0.39, 0.29) is 18.9 Å². The van der Waals surface area contributed by atoms with Crippen LogP contribution in [0.4, 0.5) is 0 Å². The van der Waals surface area contributed by atoms with Crippen molar-refractivity contribution in [3.63, 3.8) is 0 Å². The van der Waals surface area contributed by atoms with Crippen LogP contribution in [0.1, 0.15) is 17.5 Å². The first-order chi connectivity index (χ1) is 9.06. The van der Waals surface area contributed by atoms with Crippen LogP contribution in [0.15, 0.2) is 18.2 Å². The molecule has 0 aliphatic rings. The van der Waals surface area contributed by atoms with Gasteiger partial charge in [-0.1, -0.05) is 41.9 Å². The van der Waals surface area contributed by atoms with Crippen molar-refractivity contribution in [1.29, 1.82) is 0 Å². The first kappa shape index (κ1) is 15.6. The second-order valence-electron chi connectivity index (χ2n) is 3.96. The minimum Gasteiger partial charge on any atom is -0.392 e. The highest BCUT2D eigenvalue weighted by atomic mass is 35.5. The lowest BCUT2D eigenvalue weighted by Crippen LogP contribution is -2.28. The number of hydrogen-bond donors (Lipinski definition) is 2. The average Bonchev–Trinajstić information content (AvgIpc) is 2.37. The molecule has 1 aromatic carbocycles. The number of amides is 1. The minimum atomic E-state index is -0.210. The van der Waals surface area contributed by atoms with Gasteiger partial charge in [0.05, 0.1) is 13.0 Å². The van der Waals surface area contributed by atoms with Crippen LogP contribution < -0.4 is 5.32 Å². The number of aliphatic hydroxyl groups excluding tert-OH is 1. The quantitative estimate of drug-likeness (QED) is 0.622. The molecule has 5 heteroatoms. The number of carbonyl (C=O) groups is 1. The predicted octanol–water partition coefficient (Wildman–Crippen LogP) is 1.88. The number of halogens is 1. The number of terminal acetylenes is 1. The second-order valence-corrected chi connectivity index (χ2v) is 4.94. The molecule has 0 saturated heterocycles. The van der Waals surface area contributed by atoms with Gasteiger partial charge >= 0.3 is 0 Å². The summed E-state index contributed by atoms with van der Waals surface area (Å²) in [5.41, 5.74) is 1.62. The molecule has 3 nitrogen and oxygen atoms in total. The summed E-state index contributed by atoms with van der Waals surface area (Å²) in [6.45, 7) is 0.223. The highest BCUT2D eigenvalue weighted by Gasteiger charge is 2.05. The van der Waals surface area contributed by atoms with E-state index >= 15 is 0 Å². The molecule has 0 spiro atoms. The molecule has 0 unspecified atom stereocenters. The number of hydrogen-bond acceptors (Lipinski definition) is 3. The summed E-state index contributed by atoms with van der Waals surface area (Å²) in [4.78, 5) is 11.9. The maximum Gasteiger partial charge on any atom is 0.232 e. The van der Waals surface area contributed by atoms with Gasteiger partial charge in [0, 0.05) is 22.9 Å². The molecule has 0 atom stereocenters. The predicted molar refractivity (Wildman–Crippen MR) is 80.1 cm³/mol. The number of benzene rings is 1. The highest BCUT2D eigenvalue weighted by Crippen LogP contribution is 2.18. The van der Waals surface area contributed by atoms with Gasteiger partial charge < -0.3 is 10.4 Å². The molecule has 1 amide bonds. The summed E-state index contributed by atoms with van der Waals surface area (Å²) in [7, 11) is 0. The zero-order valence-corrected chi connectivity index (χ0v) is 11.9. The highest BCUT2D eigenvalue weighted by molar-refractivity contribution is 7.80. The first-order valence-electron chi connectivity index (χ1n) is 5.67. The standard InChI is InChI=1S/C14H14ClNO2S/c1-2-3-14(18)16-8-12(19)6-10-4-5-11(9-17)13(15)7-10/h1,4-5,7,17H,3,6,8-9H2,(H,16,18). The van der Waals surface area contributed by atoms with E-state index in [0.717, 1.165) is 5.56 Å². The summed E-state index contributed by atoms with van der Waals surface area (Å²) in [6, 6.07) is 5.38. The Hall–Kier alpha value is -1.41. The molecule has 19 heavy (non-hydrogen) atoms. The van der Waals surface area contributed by atoms with Crippen molar-refractivity contribution in [2.24, 2.45) is 0 Å². The lowest BCUT2D eigenvalue weighted by atomic mass is 10.1. The number of rotatable bonds is 6. The summed E-state index contributed by atoms with van der Waals surface area (Å²) < 4.78 is 0. The van der Waals surface area contributed by atoms with Crippen molar-refractivity contribution in [1.82, 2.24) is 5.32 Å². The summed E-state index contributed by atoms with van der Waals surface area (Å²) in [5.74, 6) is 2.05. The largest absolute Gasteiger partial charge is 0.392 e. The van der Waals surface area contributed by atoms with Gasteiger partial charge in [-0.05, 0) is 17.2 Å². The Morgan fingerprint density at radius 3 is 2.84 bits per heavy atom. The lowest BCUT2D eigenvalue weighted by molar-refractivity contribution is -0.119. The van der Waals surface area contributed by atoms with Crippen LogP contribution in [0.2, 0.25) is 5.02 Å². The summed E-state index contributed by atoms with van der Waals surface area (Å²) >= 11 is 11.2. The van der Waals surface area contributed by atoms with Gasteiger partial charge in [0.25, 0.3) is 0 Å².